The van der Waals surface area contributed by atoms with Gasteiger partial charge in [-0.05, 0) is 128 Å². The molecule has 0 aromatic heterocycles. The van der Waals surface area contributed by atoms with Gasteiger partial charge >= 0.3 is 0 Å². The lowest BCUT2D eigenvalue weighted by molar-refractivity contribution is 0.319. The Hall–Kier alpha value is -4.62. The summed E-state index contributed by atoms with van der Waals surface area (Å²) in [6.45, 7) is 0.674. The Morgan fingerprint density at radius 1 is 0.419 bits per heavy atom. The third kappa shape index (κ3) is 7.24. The van der Waals surface area contributed by atoms with E-state index in [0.717, 1.165) is 68.9 Å². The highest BCUT2D eigenvalue weighted by molar-refractivity contribution is 9.09. The predicted molar refractivity (Wildman–Crippen MR) is 179 cm³/mol. The quantitative estimate of drug-likeness (QED) is 0.0944. The van der Waals surface area contributed by atoms with Crippen LogP contribution in [0.25, 0.3) is 0 Å². The average molecular weight is 640 g/mol. The maximum atomic E-state index is 5.89. The SMILES string of the molecule is COc1ccc(N(c2ccc(OC)cc2)c2ccc(N(c3ccc(OC)cc3)c3ccc(OCCCBr)cc3)cc2)cc1. The van der Waals surface area contributed by atoms with Crippen LogP contribution in [0.5, 0.6) is 23.0 Å². The molecule has 0 spiro atoms. The van der Waals surface area contributed by atoms with E-state index in [1.54, 1.807) is 21.3 Å². The van der Waals surface area contributed by atoms with Gasteiger partial charge in [-0.15, -0.1) is 0 Å². The maximum Gasteiger partial charge on any atom is 0.119 e. The van der Waals surface area contributed by atoms with Crippen LogP contribution in [0.4, 0.5) is 34.1 Å². The minimum Gasteiger partial charge on any atom is -0.497 e. The molecule has 0 saturated heterocycles. The Kier molecular flexibility index (Phi) is 10.1. The van der Waals surface area contributed by atoms with Crippen LogP contribution in [-0.2, 0) is 0 Å². The minimum atomic E-state index is 0.674. The second kappa shape index (κ2) is 14.5. The number of ether oxygens (including phenoxy) is 4. The third-order valence-corrected chi connectivity index (χ3v) is 7.56. The molecule has 0 aliphatic carbocycles. The predicted octanol–water partition coefficient (Wildman–Crippen LogP) is 9.82. The molecule has 0 saturated carbocycles. The Bertz CT molecular complexity index is 1510. The lowest BCUT2D eigenvalue weighted by Gasteiger charge is -2.28. The van der Waals surface area contributed by atoms with E-state index in [2.05, 4.69) is 98.5 Å². The topological polar surface area (TPSA) is 43.4 Å². The lowest BCUT2D eigenvalue weighted by Crippen LogP contribution is -2.12. The molecule has 43 heavy (non-hydrogen) atoms. The largest absolute Gasteiger partial charge is 0.497 e. The van der Waals surface area contributed by atoms with E-state index in [9.17, 15) is 0 Å². The second-order valence-corrected chi connectivity index (χ2v) is 10.5. The number of benzene rings is 5. The highest BCUT2D eigenvalue weighted by atomic mass is 79.9. The van der Waals surface area contributed by atoms with Gasteiger partial charge in [0.1, 0.15) is 23.0 Å². The summed E-state index contributed by atoms with van der Waals surface area (Å²) in [6.07, 6.45) is 0.955. The van der Waals surface area contributed by atoms with E-state index < -0.39 is 0 Å². The summed E-state index contributed by atoms with van der Waals surface area (Å²) >= 11 is 3.46. The molecule has 0 amide bonds. The molecule has 0 heterocycles. The van der Waals surface area contributed by atoms with Gasteiger partial charge in [0.25, 0.3) is 0 Å². The molecular formula is C36H35BrN2O4. The summed E-state index contributed by atoms with van der Waals surface area (Å²) < 4.78 is 22.1. The van der Waals surface area contributed by atoms with Crippen molar-refractivity contribution in [1.82, 2.24) is 0 Å². The second-order valence-electron chi connectivity index (χ2n) is 9.67. The van der Waals surface area contributed by atoms with Gasteiger partial charge < -0.3 is 28.7 Å². The van der Waals surface area contributed by atoms with Gasteiger partial charge in [-0.1, -0.05) is 15.9 Å². The first-order valence-corrected chi connectivity index (χ1v) is 15.2. The lowest BCUT2D eigenvalue weighted by atomic mass is 10.1. The summed E-state index contributed by atoms with van der Waals surface area (Å²) in [5.41, 5.74) is 6.11. The van der Waals surface area contributed by atoms with Gasteiger partial charge in [0.05, 0.1) is 27.9 Å². The Labute approximate surface area is 262 Å². The number of hydrogen-bond acceptors (Lipinski definition) is 6. The van der Waals surface area contributed by atoms with E-state index in [0.29, 0.717) is 6.61 Å². The van der Waals surface area contributed by atoms with Gasteiger partial charge in [0.15, 0.2) is 0 Å². The highest BCUT2D eigenvalue weighted by Gasteiger charge is 2.16. The van der Waals surface area contributed by atoms with Crippen LogP contribution >= 0.6 is 15.9 Å². The Balaban J connectivity index is 1.52. The first kappa shape index (κ1) is 29.9. The first-order valence-electron chi connectivity index (χ1n) is 14.0. The highest BCUT2D eigenvalue weighted by Crippen LogP contribution is 2.40. The van der Waals surface area contributed by atoms with Crippen molar-refractivity contribution in [3.05, 3.63) is 121 Å². The molecule has 5 aromatic carbocycles. The standard InChI is InChI=1S/C36H35BrN2O4/c1-40-33-17-9-29(10-18-33)38(30-11-19-34(41-2)20-12-30)27-5-7-28(8-6-27)39(31-13-21-35(42-3)22-14-31)32-15-23-36(24-16-32)43-26-4-25-37/h5-24H,4,25-26H2,1-3H3. The van der Waals surface area contributed by atoms with E-state index >= 15 is 0 Å². The van der Waals surface area contributed by atoms with Crippen LogP contribution in [-0.4, -0.2) is 33.3 Å². The molecule has 0 atom stereocenters. The molecule has 220 valence electrons. The van der Waals surface area contributed by atoms with Crippen LogP contribution < -0.4 is 28.7 Å². The van der Waals surface area contributed by atoms with E-state index in [1.807, 2.05) is 48.5 Å². The molecule has 0 bridgehead atoms. The van der Waals surface area contributed by atoms with Crippen LogP contribution in [0.2, 0.25) is 0 Å². The molecule has 5 rings (SSSR count). The molecular weight excluding hydrogens is 604 g/mol. The third-order valence-electron chi connectivity index (χ3n) is 7.00. The summed E-state index contributed by atoms with van der Waals surface area (Å²) in [5.74, 6) is 3.28. The van der Waals surface area contributed by atoms with Crippen LogP contribution in [0, 0.1) is 0 Å². The van der Waals surface area contributed by atoms with Crippen molar-refractivity contribution in [1.29, 1.82) is 0 Å². The van der Waals surface area contributed by atoms with E-state index in [-0.39, 0.29) is 0 Å². The number of rotatable bonds is 13. The van der Waals surface area contributed by atoms with Crippen LogP contribution in [0.3, 0.4) is 0 Å². The minimum absolute atomic E-state index is 0.674. The summed E-state index contributed by atoms with van der Waals surface area (Å²) in [4.78, 5) is 4.43. The Morgan fingerprint density at radius 3 is 0.930 bits per heavy atom. The fourth-order valence-corrected chi connectivity index (χ4v) is 5.00. The van der Waals surface area contributed by atoms with Crippen molar-refractivity contribution >= 4 is 50.1 Å². The van der Waals surface area contributed by atoms with Gasteiger partial charge in [-0.3, -0.25) is 0 Å². The molecule has 0 fully saturated rings. The van der Waals surface area contributed by atoms with E-state index in [1.165, 1.54) is 0 Å². The molecule has 5 aromatic rings. The molecule has 7 heteroatoms. The summed E-state index contributed by atoms with van der Waals surface area (Å²) in [6, 6.07) is 41.0. The molecule has 0 unspecified atom stereocenters. The van der Waals surface area contributed by atoms with Gasteiger partial charge in [-0.25, -0.2) is 0 Å². The molecule has 6 nitrogen and oxygen atoms in total. The normalized spacial score (nSPS) is 10.6. The van der Waals surface area contributed by atoms with Gasteiger partial charge in [-0.2, -0.15) is 0 Å². The van der Waals surface area contributed by atoms with Crippen molar-refractivity contribution in [2.45, 2.75) is 6.42 Å². The fraction of sp³-hybridized carbons (Fsp3) is 0.167. The van der Waals surface area contributed by atoms with Crippen LogP contribution in [0.1, 0.15) is 6.42 Å². The fourth-order valence-electron chi connectivity index (χ4n) is 4.78. The number of halogens is 1. The smallest absolute Gasteiger partial charge is 0.119 e. The maximum absolute atomic E-state index is 5.89. The average Bonchev–Trinajstić information content (AvgIpc) is 3.07. The van der Waals surface area contributed by atoms with Crippen LogP contribution in [0.15, 0.2) is 121 Å². The molecule has 0 radical (unpaired) electrons. The van der Waals surface area contributed by atoms with Crippen molar-refractivity contribution in [3.63, 3.8) is 0 Å². The van der Waals surface area contributed by atoms with Crippen molar-refractivity contribution in [2.75, 3.05) is 43.1 Å². The molecule has 0 aliphatic heterocycles. The zero-order valence-electron chi connectivity index (χ0n) is 24.6. The number of hydrogen-bond donors (Lipinski definition) is 0. The van der Waals surface area contributed by atoms with Gasteiger partial charge in [0, 0.05) is 39.5 Å². The molecule has 0 aliphatic rings. The zero-order chi connectivity index (χ0) is 30.0. The first-order chi connectivity index (χ1) is 21.1. The van der Waals surface area contributed by atoms with E-state index in [4.69, 9.17) is 18.9 Å². The number of nitrogens with zero attached hydrogens (tertiary/aromatic N) is 2. The monoisotopic (exact) mass is 638 g/mol. The van der Waals surface area contributed by atoms with Crippen molar-refractivity contribution in [3.8, 4) is 23.0 Å². The Morgan fingerprint density at radius 2 is 0.674 bits per heavy atom. The summed E-state index contributed by atoms with van der Waals surface area (Å²) in [7, 11) is 5.03. The number of alkyl halides is 1. The molecule has 0 N–H and O–H groups in total. The zero-order valence-corrected chi connectivity index (χ0v) is 26.2. The summed E-state index contributed by atoms with van der Waals surface area (Å²) in [5, 5.41) is 0.917. The van der Waals surface area contributed by atoms with Crippen molar-refractivity contribution in [2.24, 2.45) is 0 Å². The van der Waals surface area contributed by atoms with Gasteiger partial charge in [0.2, 0.25) is 0 Å². The van der Waals surface area contributed by atoms with Crippen molar-refractivity contribution < 1.29 is 18.9 Å². The number of methoxy groups -OCH3 is 3. The number of anilines is 6.